The van der Waals surface area contributed by atoms with Gasteiger partial charge in [-0.25, -0.2) is 0 Å². The number of carbonyl (C=O) groups excluding carboxylic acids is 2. The summed E-state index contributed by atoms with van der Waals surface area (Å²) in [7, 11) is 1.34. The molecule has 92 valence electrons. The van der Waals surface area contributed by atoms with Gasteiger partial charge in [0.1, 0.15) is 0 Å². The van der Waals surface area contributed by atoms with Gasteiger partial charge in [-0.2, -0.15) is 0 Å². The van der Waals surface area contributed by atoms with Gasteiger partial charge >= 0.3 is 5.97 Å². The number of esters is 1. The molecule has 0 fully saturated rings. The van der Waals surface area contributed by atoms with Crippen molar-refractivity contribution in [1.29, 1.82) is 0 Å². The lowest BCUT2D eigenvalue weighted by atomic mass is 10.0. The minimum absolute atomic E-state index is 0.0435. The summed E-state index contributed by atoms with van der Waals surface area (Å²) >= 11 is 1.27. The Hall–Kier alpha value is -1.29. The maximum absolute atomic E-state index is 11.8. The van der Waals surface area contributed by atoms with Crippen molar-refractivity contribution in [3.8, 4) is 0 Å². The number of methoxy groups -OCH3 is 1. The number of rotatable bonds is 5. The number of hydrogen-bond acceptors (Lipinski definition) is 4. The highest BCUT2D eigenvalue weighted by Gasteiger charge is 2.08. The van der Waals surface area contributed by atoms with Crippen LogP contribution in [0.5, 0.6) is 0 Å². The van der Waals surface area contributed by atoms with Gasteiger partial charge in [-0.15, -0.1) is 11.8 Å². The number of hydrogen-bond donors (Lipinski definition) is 0. The molecule has 0 unspecified atom stereocenters. The molecule has 3 nitrogen and oxygen atoms in total. The van der Waals surface area contributed by atoms with Gasteiger partial charge in [-0.1, -0.05) is 12.1 Å². The van der Waals surface area contributed by atoms with Crippen LogP contribution in [0.2, 0.25) is 0 Å². The van der Waals surface area contributed by atoms with Gasteiger partial charge in [0.25, 0.3) is 0 Å². The number of benzene rings is 1. The Labute approximate surface area is 106 Å². The van der Waals surface area contributed by atoms with E-state index in [4.69, 9.17) is 0 Å². The van der Waals surface area contributed by atoms with Crippen molar-refractivity contribution >= 4 is 23.5 Å². The second-order valence-corrected chi connectivity index (χ2v) is 4.78. The third-order valence-corrected chi connectivity index (χ3v) is 3.42. The lowest BCUT2D eigenvalue weighted by Gasteiger charge is -2.04. The lowest BCUT2D eigenvalue weighted by molar-refractivity contribution is -0.137. The summed E-state index contributed by atoms with van der Waals surface area (Å²) in [4.78, 5) is 22.7. The van der Waals surface area contributed by atoms with E-state index in [2.05, 4.69) is 4.74 Å². The topological polar surface area (TPSA) is 43.4 Å². The Kier molecular flexibility index (Phi) is 5.22. The summed E-state index contributed by atoms with van der Waals surface area (Å²) < 4.78 is 4.50. The zero-order valence-electron chi connectivity index (χ0n) is 10.3. The molecule has 0 saturated heterocycles. The van der Waals surface area contributed by atoms with Crippen LogP contribution in [-0.4, -0.2) is 30.4 Å². The summed E-state index contributed by atoms with van der Waals surface area (Å²) in [5.74, 6) is 0.259. The highest BCUT2D eigenvalue weighted by Crippen LogP contribution is 2.12. The second kappa shape index (κ2) is 6.45. The minimum Gasteiger partial charge on any atom is -0.468 e. The zero-order valence-corrected chi connectivity index (χ0v) is 11.1. The van der Waals surface area contributed by atoms with E-state index in [9.17, 15) is 9.59 Å². The summed E-state index contributed by atoms with van der Waals surface area (Å²) in [5, 5.41) is 0. The molecule has 17 heavy (non-hydrogen) atoms. The molecule has 0 N–H and O–H groups in total. The van der Waals surface area contributed by atoms with Crippen molar-refractivity contribution in [2.24, 2.45) is 0 Å². The fraction of sp³-hybridized carbons (Fsp3) is 0.385. The highest BCUT2D eigenvalue weighted by molar-refractivity contribution is 8.00. The zero-order chi connectivity index (χ0) is 12.8. The molecule has 0 aromatic heterocycles. The molecule has 0 aliphatic carbocycles. The van der Waals surface area contributed by atoms with Crippen molar-refractivity contribution in [3.05, 3.63) is 34.9 Å². The van der Waals surface area contributed by atoms with Crippen LogP contribution in [0.15, 0.2) is 18.2 Å². The summed E-state index contributed by atoms with van der Waals surface area (Å²) in [6.07, 6.45) is 0. The third-order valence-electron chi connectivity index (χ3n) is 2.51. The molecule has 0 heterocycles. The van der Waals surface area contributed by atoms with Crippen LogP contribution >= 0.6 is 11.8 Å². The molecular formula is C13H16O3S. The van der Waals surface area contributed by atoms with Crippen LogP contribution in [0.3, 0.4) is 0 Å². The van der Waals surface area contributed by atoms with E-state index >= 15 is 0 Å². The average Bonchev–Trinajstić information content (AvgIpc) is 2.32. The normalized spacial score (nSPS) is 10.1. The fourth-order valence-corrected chi connectivity index (χ4v) is 2.02. The molecular weight excluding hydrogens is 236 g/mol. The van der Waals surface area contributed by atoms with Crippen molar-refractivity contribution < 1.29 is 14.3 Å². The molecule has 0 bridgehead atoms. The number of aryl methyl sites for hydroxylation is 2. The molecule has 4 heteroatoms. The van der Waals surface area contributed by atoms with E-state index in [-0.39, 0.29) is 17.5 Å². The van der Waals surface area contributed by atoms with E-state index in [0.717, 1.165) is 5.56 Å². The van der Waals surface area contributed by atoms with E-state index < -0.39 is 0 Å². The minimum atomic E-state index is -0.303. The highest BCUT2D eigenvalue weighted by atomic mass is 32.2. The Balaban J connectivity index is 2.52. The van der Waals surface area contributed by atoms with E-state index in [1.165, 1.54) is 24.4 Å². The molecule has 0 radical (unpaired) electrons. The number of ketones is 1. The van der Waals surface area contributed by atoms with Crippen molar-refractivity contribution in [3.63, 3.8) is 0 Å². The first-order valence-corrected chi connectivity index (χ1v) is 6.45. The molecule has 0 aliphatic rings. The first-order valence-electron chi connectivity index (χ1n) is 5.29. The van der Waals surface area contributed by atoms with Gasteiger partial charge in [0.2, 0.25) is 0 Å². The molecule has 0 amide bonds. The van der Waals surface area contributed by atoms with Crippen LogP contribution in [0.25, 0.3) is 0 Å². The Bertz CT molecular complexity index is 427. The number of thioether (sulfide) groups is 1. The molecule has 0 spiro atoms. The third kappa shape index (κ3) is 4.23. The lowest BCUT2D eigenvalue weighted by Crippen LogP contribution is -2.08. The predicted octanol–water partition coefficient (Wildman–Crippen LogP) is 2.39. The largest absolute Gasteiger partial charge is 0.468 e. The first-order chi connectivity index (χ1) is 8.04. The molecule has 0 saturated carbocycles. The number of Topliss-reactive ketones (excluding diaryl/α,β-unsaturated/α-hetero) is 1. The fourth-order valence-electron chi connectivity index (χ4n) is 1.28. The van der Waals surface area contributed by atoms with Crippen LogP contribution in [0.4, 0.5) is 0 Å². The standard InChI is InChI=1S/C13H16O3S/c1-9-4-5-11(6-10(9)2)12(14)7-17-8-13(15)16-3/h4-6H,7-8H2,1-3H3. The van der Waals surface area contributed by atoms with Crippen LogP contribution < -0.4 is 0 Å². The van der Waals surface area contributed by atoms with Crippen LogP contribution in [0, 0.1) is 13.8 Å². The van der Waals surface area contributed by atoms with Gasteiger partial charge < -0.3 is 4.74 Å². The average molecular weight is 252 g/mol. The molecule has 1 aromatic rings. The maximum Gasteiger partial charge on any atom is 0.315 e. The van der Waals surface area contributed by atoms with E-state index in [1.807, 2.05) is 32.0 Å². The summed E-state index contributed by atoms with van der Waals surface area (Å²) in [6.45, 7) is 3.99. The van der Waals surface area contributed by atoms with Gasteiger partial charge in [0.05, 0.1) is 18.6 Å². The summed E-state index contributed by atoms with van der Waals surface area (Å²) in [5.41, 5.74) is 2.98. The summed E-state index contributed by atoms with van der Waals surface area (Å²) in [6, 6.07) is 5.65. The monoisotopic (exact) mass is 252 g/mol. The van der Waals surface area contributed by atoms with Crippen LogP contribution in [-0.2, 0) is 9.53 Å². The first kappa shape index (κ1) is 13.8. The second-order valence-electron chi connectivity index (χ2n) is 3.79. The van der Waals surface area contributed by atoms with Crippen LogP contribution in [0.1, 0.15) is 21.5 Å². The van der Waals surface area contributed by atoms with Crippen molar-refractivity contribution in [2.45, 2.75) is 13.8 Å². The molecule has 1 rings (SSSR count). The molecule has 0 atom stereocenters. The van der Waals surface area contributed by atoms with Crippen molar-refractivity contribution in [1.82, 2.24) is 0 Å². The Morgan fingerprint density at radius 2 is 1.88 bits per heavy atom. The quantitative estimate of drug-likeness (QED) is 0.596. The maximum atomic E-state index is 11.8. The number of ether oxygens (including phenoxy) is 1. The number of carbonyl (C=O) groups is 2. The van der Waals surface area contributed by atoms with Gasteiger partial charge in [-0.05, 0) is 31.0 Å². The van der Waals surface area contributed by atoms with Gasteiger partial charge in [0.15, 0.2) is 5.78 Å². The Morgan fingerprint density at radius 3 is 2.47 bits per heavy atom. The smallest absolute Gasteiger partial charge is 0.315 e. The van der Waals surface area contributed by atoms with E-state index in [0.29, 0.717) is 11.3 Å². The predicted molar refractivity (Wildman–Crippen MR) is 69.6 cm³/mol. The van der Waals surface area contributed by atoms with Gasteiger partial charge in [0, 0.05) is 5.56 Å². The van der Waals surface area contributed by atoms with E-state index in [1.54, 1.807) is 0 Å². The SMILES string of the molecule is COC(=O)CSCC(=O)c1ccc(C)c(C)c1. The molecule has 0 aliphatic heterocycles. The Morgan fingerprint density at radius 1 is 1.18 bits per heavy atom. The van der Waals surface area contributed by atoms with Gasteiger partial charge in [-0.3, -0.25) is 9.59 Å². The molecule has 1 aromatic carbocycles. The van der Waals surface area contributed by atoms with Crippen molar-refractivity contribution in [2.75, 3.05) is 18.6 Å².